The number of benzene rings is 1. The van der Waals surface area contributed by atoms with Gasteiger partial charge in [-0.05, 0) is 57.4 Å². The minimum atomic E-state index is -1.06. The number of aliphatic hydroxyl groups is 1. The quantitative estimate of drug-likeness (QED) is 0.782. The number of ketones is 1. The maximum absolute atomic E-state index is 13.1. The average Bonchev–Trinajstić information content (AvgIpc) is 2.60. The molecule has 0 saturated heterocycles. The Kier molecular flexibility index (Phi) is 5.21. The largest absolute Gasteiger partial charge is 0.508 e. The third kappa shape index (κ3) is 3.75. The molecule has 1 aliphatic heterocycles. The van der Waals surface area contributed by atoms with Crippen molar-refractivity contribution in [3.8, 4) is 11.6 Å². The van der Waals surface area contributed by atoms with Gasteiger partial charge in [-0.25, -0.2) is 0 Å². The molecule has 0 unspecified atom stereocenters. The topological polar surface area (TPSA) is 81.5 Å². The Labute approximate surface area is 169 Å². The smallest absolute Gasteiger partial charge is 0.239 e. The molecule has 7 heteroatoms. The first kappa shape index (κ1) is 20.3. The normalized spacial score (nSPS) is 18.3. The van der Waals surface area contributed by atoms with Crippen LogP contribution in [0.2, 0.25) is 5.15 Å². The fraction of sp³-hybridized carbons (Fsp3) is 0.381. The molecule has 148 valence electrons. The van der Waals surface area contributed by atoms with E-state index in [0.29, 0.717) is 17.7 Å². The standard InChI is InChI=1S/C21H23ClN2O4/c1-6-12-7-8-13(27-16-11-23-10-15(22)24-16)9-14(12)17-18(25)20(2,3)28-21(4,5)19(17)26/h7-11,25H,6H2,1-5H3. The molecule has 6 nitrogen and oxygen atoms in total. The Balaban J connectivity index is 2.13. The van der Waals surface area contributed by atoms with Crippen molar-refractivity contribution in [3.63, 3.8) is 0 Å². The van der Waals surface area contributed by atoms with Gasteiger partial charge in [0.2, 0.25) is 5.88 Å². The lowest BCUT2D eigenvalue weighted by Gasteiger charge is -2.40. The molecule has 0 radical (unpaired) electrons. The number of ether oxygens (including phenoxy) is 2. The molecular formula is C21H23ClN2O4. The van der Waals surface area contributed by atoms with Crippen molar-refractivity contribution >= 4 is 23.0 Å². The lowest BCUT2D eigenvalue weighted by Crippen LogP contribution is -2.49. The lowest BCUT2D eigenvalue weighted by molar-refractivity contribution is -0.158. The second-order valence-electron chi connectivity index (χ2n) is 7.63. The van der Waals surface area contributed by atoms with E-state index >= 15 is 0 Å². The number of Topliss-reactive ketones (excluding diaryl/α,β-unsaturated/α-hetero) is 1. The van der Waals surface area contributed by atoms with Gasteiger partial charge in [0, 0.05) is 0 Å². The molecule has 1 aromatic carbocycles. The first-order valence-corrected chi connectivity index (χ1v) is 9.40. The molecule has 0 fully saturated rings. The molecule has 28 heavy (non-hydrogen) atoms. The van der Waals surface area contributed by atoms with Crippen LogP contribution in [0.15, 0.2) is 36.4 Å². The molecule has 0 atom stereocenters. The molecule has 1 aromatic heterocycles. The highest BCUT2D eigenvalue weighted by Crippen LogP contribution is 2.41. The van der Waals surface area contributed by atoms with Crippen molar-refractivity contribution in [2.75, 3.05) is 0 Å². The second kappa shape index (κ2) is 7.18. The Morgan fingerprint density at radius 1 is 1.18 bits per heavy atom. The van der Waals surface area contributed by atoms with E-state index in [1.807, 2.05) is 13.0 Å². The van der Waals surface area contributed by atoms with Gasteiger partial charge < -0.3 is 14.6 Å². The SMILES string of the molecule is CCc1ccc(Oc2cncc(Cl)n2)cc1C1=C(O)C(C)(C)OC(C)(C)C1=O. The fourth-order valence-electron chi connectivity index (χ4n) is 3.35. The summed E-state index contributed by atoms with van der Waals surface area (Å²) in [5.74, 6) is 0.323. The number of carbonyl (C=O) groups is 1. The van der Waals surface area contributed by atoms with Crippen LogP contribution in [0.1, 0.15) is 45.7 Å². The van der Waals surface area contributed by atoms with Crippen LogP contribution in [0.25, 0.3) is 5.57 Å². The molecule has 2 aromatic rings. The Hall–Kier alpha value is -2.44. The summed E-state index contributed by atoms with van der Waals surface area (Å²) in [6, 6.07) is 5.37. The molecule has 1 N–H and O–H groups in total. The monoisotopic (exact) mass is 402 g/mol. The average molecular weight is 403 g/mol. The van der Waals surface area contributed by atoms with E-state index in [2.05, 4.69) is 9.97 Å². The summed E-state index contributed by atoms with van der Waals surface area (Å²) in [5, 5.41) is 11.1. The number of nitrogens with zero attached hydrogens (tertiary/aromatic N) is 2. The van der Waals surface area contributed by atoms with Gasteiger partial charge in [0.1, 0.15) is 22.7 Å². The minimum absolute atomic E-state index is 0.0915. The van der Waals surface area contributed by atoms with E-state index in [4.69, 9.17) is 21.1 Å². The Bertz CT molecular complexity index is 967. The maximum atomic E-state index is 13.1. The van der Waals surface area contributed by atoms with Crippen LogP contribution in [-0.2, 0) is 16.0 Å². The van der Waals surface area contributed by atoms with E-state index in [1.54, 1.807) is 39.8 Å². The van der Waals surface area contributed by atoms with Crippen molar-refractivity contribution in [2.24, 2.45) is 0 Å². The zero-order valence-corrected chi connectivity index (χ0v) is 17.3. The summed E-state index contributed by atoms with van der Waals surface area (Å²) >= 11 is 5.86. The molecule has 2 heterocycles. The van der Waals surface area contributed by atoms with Crippen molar-refractivity contribution < 1.29 is 19.4 Å². The summed E-state index contributed by atoms with van der Waals surface area (Å²) < 4.78 is 11.6. The summed E-state index contributed by atoms with van der Waals surface area (Å²) in [5.41, 5.74) is -0.283. The van der Waals surface area contributed by atoms with Crippen LogP contribution in [-0.4, -0.2) is 32.1 Å². The predicted octanol–water partition coefficient (Wildman–Crippen LogP) is 4.91. The molecular weight excluding hydrogens is 380 g/mol. The zero-order valence-electron chi connectivity index (χ0n) is 16.5. The second-order valence-corrected chi connectivity index (χ2v) is 8.02. The van der Waals surface area contributed by atoms with Crippen LogP contribution < -0.4 is 4.74 Å². The first-order chi connectivity index (χ1) is 13.0. The highest BCUT2D eigenvalue weighted by Gasteiger charge is 2.47. The third-order valence-corrected chi connectivity index (χ3v) is 4.81. The number of aryl methyl sites for hydroxylation is 1. The highest BCUT2D eigenvalue weighted by atomic mass is 35.5. The van der Waals surface area contributed by atoms with E-state index in [9.17, 15) is 9.90 Å². The van der Waals surface area contributed by atoms with E-state index < -0.39 is 11.2 Å². The van der Waals surface area contributed by atoms with E-state index in [1.165, 1.54) is 12.4 Å². The zero-order chi connectivity index (χ0) is 20.7. The lowest BCUT2D eigenvalue weighted by atomic mass is 9.81. The molecule has 0 aliphatic carbocycles. The fourth-order valence-corrected chi connectivity index (χ4v) is 3.49. The molecule has 0 spiro atoms. The Morgan fingerprint density at radius 2 is 1.89 bits per heavy atom. The van der Waals surface area contributed by atoms with Crippen molar-refractivity contribution in [1.29, 1.82) is 0 Å². The number of hydrogen-bond donors (Lipinski definition) is 1. The maximum Gasteiger partial charge on any atom is 0.239 e. The van der Waals surface area contributed by atoms with Gasteiger partial charge in [-0.2, -0.15) is 4.98 Å². The highest BCUT2D eigenvalue weighted by molar-refractivity contribution is 6.29. The number of hydrogen-bond acceptors (Lipinski definition) is 6. The first-order valence-electron chi connectivity index (χ1n) is 9.02. The molecule has 1 aliphatic rings. The summed E-state index contributed by atoms with van der Waals surface area (Å²) in [6.45, 7) is 8.88. The van der Waals surface area contributed by atoms with Crippen molar-refractivity contribution in [2.45, 2.75) is 52.2 Å². The minimum Gasteiger partial charge on any atom is -0.508 e. The summed E-state index contributed by atoms with van der Waals surface area (Å²) in [7, 11) is 0. The molecule has 0 amide bonds. The number of halogens is 1. The van der Waals surface area contributed by atoms with E-state index in [-0.39, 0.29) is 28.1 Å². The van der Waals surface area contributed by atoms with Gasteiger partial charge in [0.15, 0.2) is 10.9 Å². The number of aliphatic hydroxyl groups excluding tert-OH is 1. The Morgan fingerprint density at radius 3 is 2.54 bits per heavy atom. The van der Waals surface area contributed by atoms with Crippen molar-refractivity contribution in [1.82, 2.24) is 9.97 Å². The number of rotatable bonds is 4. The van der Waals surface area contributed by atoms with Gasteiger partial charge in [0.05, 0.1) is 18.0 Å². The van der Waals surface area contributed by atoms with E-state index in [0.717, 1.165) is 5.56 Å². The predicted molar refractivity (Wildman–Crippen MR) is 107 cm³/mol. The van der Waals surface area contributed by atoms with Crippen molar-refractivity contribution in [3.05, 3.63) is 52.6 Å². The summed E-state index contributed by atoms with van der Waals surface area (Å²) in [4.78, 5) is 21.1. The summed E-state index contributed by atoms with van der Waals surface area (Å²) in [6.07, 6.45) is 3.54. The van der Waals surface area contributed by atoms with Gasteiger partial charge in [0.25, 0.3) is 0 Å². The molecule has 0 saturated carbocycles. The van der Waals surface area contributed by atoms with Crippen LogP contribution >= 0.6 is 11.6 Å². The van der Waals surface area contributed by atoms with Gasteiger partial charge in [-0.15, -0.1) is 0 Å². The van der Waals surface area contributed by atoms with Gasteiger partial charge in [-0.3, -0.25) is 9.78 Å². The van der Waals surface area contributed by atoms with Crippen LogP contribution in [0.4, 0.5) is 0 Å². The van der Waals surface area contributed by atoms with Crippen LogP contribution in [0.5, 0.6) is 11.6 Å². The molecule has 0 bridgehead atoms. The van der Waals surface area contributed by atoms with Gasteiger partial charge in [-0.1, -0.05) is 24.6 Å². The van der Waals surface area contributed by atoms with Gasteiger partial charge >= 0.3 is 0 Å². The number of aromatic nitrogens is 2. The molecule has 3 rings (SSSR count). The van der Waals surface area contributed by atoms with Crippen LogP contribution in [0.3, 0.4) is 0 Å². The third-order valence-electron chi connectivity index (χ3n) is 4.63. The number of carbonyl (C=O) groups excluding carboxylic acids is 1. The van der Waals surface area contributed by atoms with Crippen LogP contribution in [0, 0.1) is 0 Å².